The Morgan fingerprint density at radius 2 is 1.94 bits per heavy atom. The van der Waals surface area contributed by atoms with E-state index < -0.39 is 5.60 Å². The number of methoxy groups -OCH3 is 1. The van der Waals surface area contributed by atoms with Gasteiger partial charge in [0, 0.05) is 33.2 Å². The highest BCUT2D eigenvalue weighted by molar-refractivity contribution is 5.20. The summed E-state index contributed by atoms with van der Waals surface area (Å²) in [7, 11) is 1.64. The van der Waals surface area contributed by atoms with Crippen LogP contribution in [0.3, 0.4) is 0 Å². The van der Waals surface area contributed by atoms with Crippen molar-refractivity contribution in [3.63, 3.8) is 0 Å². The summed E-state index contributed by atoms with van der Waals surface area (Å²) in [6.45, 7) is 4.20. The molecule has 1 rings (SSSR count). The van der Waals surface area contributed by atoms with Crippen LogP contribution in [-0.2, 0) is 4.74 Å². The number of para-hydroxylation sites is 1. The van der Waals surface area contributed by atoms with Gasteiger partial charge in [0.15, 0.2) is 0 Å². The Morgan fingerprint density at radius 1 is 1.22 bits per heavy atom. The first kappa shape index (κ1) is 15.0. The predicted molar refractivity (Wildman–Crippen MR) is 71.9 cm³/mol. The maximum absolute atomic E-state index is 9.98. The van der Waals surface area contributed by atoms with E-state index in [1.807, 2.05) is 30.3 Å². The lowest BCUT2D eigenvalue weighted by Crippen LogP contribution is -2.40. The molecule has 1 aromatic rings. The van der Waals surface area contributed by atoms with Crippen LogP contribution >= 0.6 is 0 Å². The number of benzene rings is 1. The zero-order valence-corrected chi connectivity index (χ0v) is 11.2. The monoisotopic (exact) mass is 253 g/mol. The van der Waals surface area contributed by atoms with Crippen LogP contribution in [0, 0.1) is 0 Å². The second-order valence-electron chi connectivity index (χ2n) is 4.58. The van der Waals surface area contributed by atoms with Crippen LogP contribution in [0.15, 0.2) is 30.3 Å². The molecule has 0 saturated heterocycles. The molecule has 4 nitrogen and oxygen atoms in total. The second kappa shape index (κ2) is 8.08. The van der Waals surface area contributed by atoms with Crippen molar-refractivity contribution < 1.29 is 14.6 Å². The normalized spacial score (nSPS) is 14.2. The summed E-state index contributed by atoms with van der Waals surface area (Å²) in [5.41, 5.74) is -0.733. The minimum atomic E-state index is -0.733. The molecule has 0 aliphatic rings. The summed E-state index contributed by atoms with van der Waals surface area (Å²) in [5.74, 6) is 0.866. The van der Waals surface area contributed by atoms with Crippen molar-refractivity contribution in [1.82, 2.24) is 5.32 Å². The zero-order chi connectivity index (χ0) is 13.3. The van der Waals surface area contributed by atoms with Gasteiger partial charge in [0.2, 0.25) is 0 Å². The van der Waals surface area contributed by atoms with Crippen molar-refractivity contribution in [3.8, 4) is 5.75 Å². The highest BCUT2D eigenvalue weighted by Gasteiger charge is 2.18. The first-order chi connectivity index (χ1) is 8.64. The first-order valence-corrected chi connectivity index (χ1v) is 6.24. The van der Waals surface area contributed by atoms with Gasteiger partial charge < -0.3 is 19.9 Å². The van der Waals surface area contributed by atoms with E-state index >= 15 is 0 Å². The smallest absolute Gasteiger partial charge is 0.119 e. The lowest BCUT2D eigenvalue weighted by Gasteiger charge is -2.23. The summed E-state index contributed by atoms with van der Waals surface area (Å²) in [5, 5.41) is 13.2. The van der Waals surface area contributed by atoms with E-state index in [-0.39, 0.29) is 0 Å². The van der Waals surface area contributed by atoms with Crippen LogP contribution in [0.1, 0.15) is 13.3 Å². The summed E-state index contributed by atoms with van der Waals surface area (Å²) in [6, 6.07) is 9.69. The summed E-state index contributed by atoms with van der Waals surface area (Å²) >= 11 is 0. The standard InChI is InChI=1S/C14H23NO3/c1-14(16,8-10-17-2)12-15-9-11-18-13-6-4-3-5-7-13/h3-7,15-16H,8-12H2,1-2H3. The third-order valence-corrected chi connectivity index (χ3v) is 2.64. The van der Waals surface area contributed by atoms with Crippen molar-refractivity contribution in [1.29, 1.82) is 0 Å². The van der Waals surface area contributed by atoms with E-state index in [0.717, 1.165) is 5.75 Å². The molecule has 0 aliphatic heterocycles. The SMILES string of the molecule is COCCC(C)(O)CNCCOc1ccccc1. The molecule has 1 aromatic carbocycles. The van der Waals surface area contributed by atoms with Gasteiger partial charge in [-0.1, -0.05) is 18.2 Å². The van der Waals surface area contributed by atoms with Gasteiger partial charge in [-0.3, -0.25) is 0 Å². The molecule has 4 heteroatoms. The number of nitrogens with one attached hydrogen (secondary N) is 1. The van der Waals surface area contributed by atoms with E-state index in [1.54, 1.807) is 14.0 Å². The Hall–Kier alpha value is -1.10. The number of hydrogen-bond acceptors (Lipinski definition) is 4. The molecular formula is C14H23NO3. The largest absolute Gasteiger partial charge is 0.492 e. The summed E-state index contributed by atoms with van der Waals surface area (Å²) in [4.78, 5) is 0. The maximum atomic E-state index is 9.98. The van der Waals surface area contributed by atoms with Gasteiger partial charge >= 0.3 is 0 Å². The number of hydrogen-bond donors (Lipinski definition) is 2. The van der Waals surface area contributed by atoms with Crippen molar-refractivity contribution in [2.45, 2.75) is 18.9 Å². The third kappa shape index (κ3) is 6.59. The van der Waals surface area contributed by atoms with E-state index in [4.69, 9.17) is 9.47 Å². The molecule has 0 aliphatic carbocycles. The van der Waals surface area contributed by atoms with Crippen LogP contribution < -0.4 is 10.1 Å². The molecule has 102 valence electrons. The lowest BCUT2D eigenvalue weighted by molar-refractivity contribution is 0.0246. The van der Waals surface area contributed by atoms with Gasteiger partial charge in [-0.15, -0.1) is 0 Å². The number of ether oxygens (including phenoxy) is 2. The third-order valence-electron chi connectivity index (χ3n) is 2.64. The van der Waals surface area contributed by atoms with Gasteiger partial charge in [0.05, 0.1) is 5.60 Å². The minimum Gasteiger partial charge on any atom is -0.492 e. The zero-order valence-electron chi connectivity index (χ0n) is 11.2. The van der Waals surface area contributed by atoms with E-state index in [2.05, 4.69) is 5.32 Å². The van der Waals surface area contributed by atoms with E-state index in [0.29, 0.717) is 32.7 Å². The van der Waals surface area contributed by atoms with Gasteiger partial charge in [-0.2, -0.15) is 0 Å². The molecule has 1 unspecified atom stereocenters. The van der Waals surface area contributed by atoms with Crippen molar-refractivity contribution >= 4 is 0 Å². The highest BCUT2D eigenvalue weighted by Crippen LogP contribution is 2.08. The van der Waals surface area contributed by atoms with Crippen molar-refractivity contribution in [3.05, 3.63) is 30.3 Å². The van der Waals surface area contributed by atoms with Gasteiger partial charge in [-0.05, 0) is 19.1 Å². The molecule has 0 saturated carbocycles. The molecule has 0 amide bonds. The van der Waals surface area contributed by atoms with Gasteiger partial charge in [-0.25, -0.2) is 0 Å². The minimum absolute atomic E-state index is 0.536. The molecule has 18 heavy (non-hydrogen) atoms. The summed E-state index contributed by atoms with van der Waals surface area (Å²) < 4.78 is 10.5. The Morgan fingerprint density at radius 3 is 2.61 bits per heavy atom. The summed E-state index contributed by atoms with van der Waals surface area (Å²) in [6.07, 6.45) is 0.621. The van der Waals surface area contributed by atoms with E-state index in [1.165, 1.54) is 0 Å². The van der Waals surface area contributed by atoms with Crippen LogP contribution in [0.4, 0.5) is 0 Å². The molecule has 0 heterocycles. The molecule has 2 N–H and O–H groups in total. The molecule has 0 bridgehead atoms. The van der Waals surface area contributed by atoms with Crippen LogP contribution in [-0.4, -0.2) is 44.1 Å². The lowest BCUT2D eigenvalue weighted by atomic mass is 10.0. The Kier molecular flexibility index (Phi) is 6.72. The topological polar surface area (TPSA) is 50.7 Å². The quantitative estimate of drug-likeness (QED) is 0.654. The Balaban J connectivity index is 2.08. The fraction of sp³-hybridized carbons (Fsp3) is 0.571. The fourth-order valence-electron chi connectivity index (χ4n) is 1.53. The maximum Gasteiger partial charge on any atom is 0.119 e. The van der Waals surface area contributed by atoms with Gasteiger partial charge in [0.25, 0.3) is 0 Å². The highest BCUT2D eigenvalue weighted by atomic mass is 16.5. The molecule has 0 fully saturated rings. The molecular weight excluding hydrogens is 230 g/mol. The molecule has 0 spiro atoms. The van der Waals surface area contributed by atoms with Crippen LogP contribution in [0.5, 0.6) is 5.75 Å². The fourth-order valence-corrected chi connectivity index (χ4v) is 1.53. The molecule has 0 aromatic heterocycles. The Bertz CT molecular complexity index is 314. The number of aliphatic hydroxyl groups is 1. The molecule has 0 radical (unpaired) electrons. The molecule has 1 atom stereocenters. The average molecular weight is 253 g/mol. The van der Waals surface area contributed by atoms with Crippen LogP contribution in [0.25, 0.3) is 0 Å². The van der Waals surface area contributed by atoms with Crippen LogP contribution in [0.2, 0.25) is 0 Å². The second-order valence-corrected chi connectivity index (χ2v) is 4.58. The van der Waals surface area contributed by atoms with Crippen molar-refractivity contribution in [2.24, 2.45) is 0 Å². The van der Waals surface area contributed by atoms with Gasteiger partial charge in [0.1, 0.15) is 12.4 Å². The predicted octanol–water partition coefficient (Wildman–Crippen LogP) is 1.44. The average Bonchev–Trinajstić information content (AvgIpc) is 2.37. The van der Waals surface area contributed by atoms with E-state index in [9.17, 15) is 5.11 Å². The first-order valence-electron chi connectivity index (χ1n) is 6.24. The Labute approximate surface area is 109 Å². The van der Waals surface area contributed by atoms with Crippen molar-refractivity contribution in [2.75, 3.05) is 33.4 Å². The number of rotatable bonds is 9.